The largest absolute Gasteiger partial charge is 0.492 e. The summed E-state index contributed by atoms with van der Waals surface area (Å²) in [6, 6.07) is 5.77. The maximum absolute atomic E-state index is 12.7. The van der Waals surface area contributed by atoms with Gasteiger partial charge in [0.25, 0.3) is 5.91 Å². The highest BCUT2D eigenvalue weighted by Crippen LogP contribution is 2.10. The average molecular weight is 282 g/mol. The van der Waals surface area contributed by atoms with Gasteiger partial charge in [-0.15, -0.1) is 0 Å². The highest BCUT2D eigenvalue weighted by molar-refractivity contribution is 5.81. The summed E-state index contributed by atoms with van der Waals surface area (Å²) in [7, 11) is 1.96. The summed E-state index contributed by atoms with van der Waals surface area (Å²) in [5.41, 5.74) is 0. The van der Waals surface area contributed by atoms with Crippen molar-refractivity contribution in [2.45, 2.75) is 6.10 Å². The van der Waals surface area contributed by atoms with E-state index in [0.717, 1.165) is 6.54 Å². The smallest absolute Gasteiger partial charge is 0.250 e. The van der Waals surface area contributed by atoms with E-state index in [1.54, 1.807) is 12.1 Å². The van der Waals surface area contributed by atoms with E-state index in [2.05, 4.69) is 10.2 Å². The lowest BCUT2D eigenvalue weighted by Gasteiger charge is -2.29. The molecule has 0 aliphatic carbocycles. The predicted molar refractivity (Wildman–Crippen MR) is 72.1 cm³/mol. The number of rotatable bonds is 5. The van der Waals surface area contributed by atoms with Gasteiger partial charge >= 0.3 is 0 Å². The molecule has 0 bridgehead atoms. The number of likely N-dealkylation sites (N-methyl/N-ethyl adjacent to an activating group) is 1. The summed E-state index contributed by atoms with van der Waals surface area (Å²) in [5, 5.41) is 2.76. The Morgan fingerprint density at radius 3 is 2.95 bits per heavy atom. The summed E-state index contributed by atoms with van der Waals surface area (Å²) in [6.45, 7) is 2.74. The number of halogens is 1. The van der Waals surface area contributed by atoms with Crippen molar-refractivity contribution in [3.8, 4) is 5.75 Å². The van der Waals surface area contributed by atoms with E-state index in [4.69, 9.17) is 9.47 Å². The number of carbonyl (C=O) groups excluding carboxylic acids is 1. The number of nitrogens with one attached hydrogen (secondary N) is 1. The second kappa shape index (κ2) is 7.21. The van der Waals surface area contributed by atoms with Crippen LogP contribution in [0, 0.1) is 5.82 Å². The summed E-state index contributed by atoms with van der Waals surface area (Å²) in [6.07, 6.45) is -0.417. The van der Waals surface area contributed by atoms with Crippen LogP contribution in [0.5, 0.6) is 5.75 Å². The minimum absolute atomic E-state index is 0.126. The maximum Gasteiger partial charge on any atom is 0.250 e. The van der Waals surface area contributed by atoms with E-state index < -0.39 is 6.10 Å². The Kier molecular flexibility index (Phi) is 5.31. The first kappa shape index (κ1) is 14.7. The Labute approximate surface area is 117 Å². The van der Waals surface area contributed by atoms with Crippen molar-refractivity contribution in [2.75, 3.05) is 39.9 Å². The predicted octanol–water partition coefficient (Wildman–Crippen LogP) is 0.651. The van der Waals surface area contributed by atoms with Crippen molar-refractivity contribution in [1.82, 2.24) is 10.2 Å². The van der Waals surface area contributed by atoms with E-state index >= 15 is 0 Å². The quantitative estimate of drug-likeness (QED) is 0.806. The number of nitrogens with zero attached hydrogens (tertiary/aromatic N) is 1. The molecule has 0 aromatic heterocycles. The van der Waals surface area contributed by atoms with Gasteiger partial charge in [-0.1, -0.05) is 0 Å². The van der Waals surface area contributed by atoms with E-state index in [-0.39, 0.29) is 11.7 Å². The Balaban J connectivity index is 1.65. The lowest BCUT2D eigenvalue weighted by Crippen LogP contribution is -2.49. The van der Waals surface area contributed by atoms with E-state index in [1.807, 2.05) is 7.05 Å². The summed E-state index contributed by atoms with van der Waals surface area (Å²) < 4.78 is 23.5. The summed E-state index contributed by atoms with van der Waals surface area (Å²) in [5.74, 6) is 0.151. The van der Waals surface area contributed by atoms with Crippen LogP contribution in [-0.2, 0) is 9.53 Å². The van der Waals surface area contributed by atoms with Gasteiger partial charge in [0.15, 0.2) is 0 Å². The molecule has 1 aliphatic rings. The Bertz CT molecular complexity index is 439. The van der Waals surface area contributed by atoms with Crippen LogP contribution in [0.15, 0.2) is 24.3 Å². The maximum atomic E-state index is 12.7. The molecule has 0 saturated carbocycles. The normalized spacial score (nSPS) is 19.6. The first-order chi connectivity index (χ1) is 9.65. The summed E-state index contributed by atoms with van der Waals surface area (Å²) >= 11 is 0. The van der Waals surface area contributed by atoms with Crippen LogP contribution in [0.2, 0.25) is 0 Å². The van der Waals surface area contributed by atoms with Crippen LogP contribution in [0.1, 0.15) is 0 Å². The van der Waals surface area contributed by atoms with Crippen LogP contribution in [0.3, 0.4) is 0 Å². The molecule has 6 heteroatoms. The number of ether oxygens (including phenoxy) is 2. The minimum atomic E-state index is -0.417. The van der Waals surface area contributed by atoms with Gasteiger partial charge in [0, 0.05) is 13.1 Å². The molecule has 1 heterocycles. The molecular formula is C14H19FN2O3. The van der Waals surface area contributed by atoms with Crippen molar-refractivity contribution in [3.05, 3.63) is 30.1 Å². The minimum Gasteiger partial charge on any atom is -0.492 e. The topological polar surface area (TPSA) is 50.8 Å². The van der Waals surface area contributed by atoms with Crippen LogP contribution in [0.4, 0.5) is 4.39 Å². The van der Waals surface area contributed by atoms with E-state index in [9.17, 15) is 9.18 Å². The van der Waals surface area contributed by atoms with Crippen molar-refractivity contribution < 1.29 is 18.7 Å². The summed E-state index contributed by atoms with van der Waals surface area (Å²) in [4.78, 5) is 13.9. The molecule has 20 heavy (non-hydrogen) atoms. The fourth-order valence-electron chi connectivity index (χ4n) is 1.92. The van der Waals surface area contributed by atoms with Gasteiger partial charge in [0.1, 0.15) is 24.3 Å². The molecular weight excluding hydrogens is 263 g/mol. The highest BCUT2D eigenvalue weighted by Gasteiger charge is 2.24. The fourth-order valence-corrected chi connectivity index (χ4v) is 1.92. The second-order valence-electron chi connectivity index (χ2n) is 4.72. The molecule has 0 spiro atoms. The van der Waals surface area contributed by atoms with Crippen LogP contribution in [-0.4, -0.2) is 56.8 Å². The van der Waals surface area contributed by atoms with Crippen molar-refractivity contribution in [1.29, 1.82) is 0 Å². The van der Waals surface area contributed by atoms with Gasteiger partial charge in [-0.2, -0.15) is 0 Å². The molecule has 5 nitrogen and oxygen atoms in total. The van der Waals surface area contributed by atoms with E-state index in [1.165, 1.54) is 12.1 Å². The van der Waals surface area contributed by atoms with Crippen LogP contribution < -0.4 is 10.1 Å². The Morgan fingerprint density at radius 2 is 2.25 bits per heavy atom. The number of hydrogen-bond acceptors (Lipinski definition) is 4. The number of morpholine rings is 1. The lowest BCUT2D eigenvalue weighted by molar-refractivity contribution is -0.137. The lowest BCUT2D eigenvalue weighted by atomic mass is 10.2. The first-order valence-electron chi connectivity index (χ1n) is 6.61. The van der Waals surface area contributed by atoms with Gasteiger partial charge in [-0.05, 0) is 31.3 Å². The Morgan fingerprint density at radius 1 is 1.50 bits per heavy atom. The van der Waals surface area contributed by atoms with Gasteiger partial charge in [0.2, 0.25) is 0 Å². The number of hydrogen-bond donors (Lipinski definition) is 1. The van der Waals surface area contributed by atoms with Crippen molar-refractivity contribution in [3.63, 3.8) is 0 Å². The van der Waals surface area contributed by atoms with Gasteiger partial charge < -0.3 is 19.7 Å². The molecule has 110 valence electrons. The molecule has 0 radical (unpaired) electrons. The zero-order chi connectivity index (χ0) is 14.4. The number of amides is 1. The molecule has 1 amide bonds. The van der Waals surface area contributed by atoms with Gasteiger partial charge in [-0.3, -0.25) is 4.79 Å². The highest BCUT2D eigenvalue weighted by atomic mass is 19.1. The van der Waals surface area contributed by atoms with E-state index in [0.29, 0.717) is 32.1 Å². The number of benzene rings is 1. The molecule has 0 unspecified atom stereocenters. The SMILES string of the molecule is CN1CCO[C@@H](C(=O)NCCOc2ccc(F)cc2)C1. The standard InChI is InChI=1S/C14H19FN2O3/c1-17-7-9-20-13(10-17)14(18)16-6-8-19-12-4-2-11(15)3-5-12/h2-5,13H,6-10H2,1H3,(H,16,18)/t13-/m1/s1. The van der Waals surface area contributed by atoms with Gasteiger partial charge in [0.05, 0.1) is 13.2 Å². The molecule has 1 atom stereocenters. The molecule has 1 aromatic carbocycles. The van der Waals surface area contributed by atoms with Gasteiger partial charge in [-0.25, -0.2) is 4.39 Å². The molecule has 1 N–H and O–H groups in total. The van der Waals surface area contributed by atoms with Crippen molar-refractivity contribution >= 4 is 5.91 Å². The zero-order valence-electron chi connectivity index (χ0n) is 11.5. The number of carbonyl (C=O) groups is 1. The average Bonchev–Trinajstić information content (AvgIpc) is 2.45. The first-order valence-corrected chi connectivity index (χ1v) is 6.61. The third-order valence-electron chi connectivity index (χ3n) is 3.05. The molecule has 1 fully saturated rings. The fraction of sp³-hybridized carbons (Fsp3) is 0.500. The molecule has 1 aromatic rings. The third kappa shape index (κ3) is 4.47. The molecule has 1 aliphatic heterocycles. The van der Waals surface area contributed by atoms with Crippen LogP contribution >= 0.6 is 0 Å². The van der Waals surface area contributed by atoms with Crippen molar-refractivity contribution in [2.24, 2.45) is 0 Å². The van der Waals surface area contributed by atoms with Crippen LogP contribution in [0.25, 0.3) is 0 Å². The zero-order valence-corrected chi connectivity index (χ0v) is 11.5. The third-order valence-corrected chi connectivity index (χ3v) is 3.05. The monoisotopic (exact) mass is 282 g/mol. The Hall–Kier alpha value is -1.66. The molecule has 1 saturated heterocycles. The second-order valence-corrected chi connectivity index (χ2v) is 4.72. The molecule has 2 rings (SSSR count).